The van der Waals surface area contributed by atoms with E-state index >= 15 is 0 Å². The van der Waals surface area contributed by atoms with Gasteiger partial charge in [0.25, 0.3) is 0 Å². The molecule has 2 N–H and O–H groups in total. The molecule has 0 aliphatic rings. The van der Waals surface area contributed by atoms with Crippen LogP contribution in [0.3, 0.4) is 0 Å². The van der Waals surface area contributed by atoms with Crippen LogP contribution in [0.1, 0.15) is 23.2 Å². The number of amides is 2. The molecule has 24 heavy (non-hydrogen) atoms. The highest BCUT2D eigenvalue weighted by molar-refractivity contribution is 5.88. The van der Waals surface area contributed by atoms with Crippen LogP contribution in [0.2, 0.25) is 0 Å². The average molecular weight is 320 g/mol. The smallest absolute Gasteiger partial charge is 0.243 e. The first-order chi connectivity index (χ1) is 11.7. The highest BCUT2D eigenvalue weighted by atomic mass is 16.2. The standard InChI is InChI=1S/C20H20N2O2/c1-3-17(23)21-19(15-11-7-5-8-12-15)20(22-18(24)4-2)16-13-9-6-10-14-16/h3-14,19-20H,1-2H2,(H,21,23)(H,22,24). The summed E-state index contributed by atoms with van der Waals surface area (Å²) in [7, 11) is 0. The lowest BCUT2D eigenvalue weighted by Crippen LogP contribution is -2.39. The van der Waals surface area contributed by atoms with Gasteiger partial charge in [-0.05, 0) is 23.3 Å². The zero-order valence-electron chi connectivity index (χ0n) is 13.3. The number of rotatable bonds is 7. The van der Waals surface area contributed by atoms with Crippen LogP contribution in [0.4, 0.5) is 0 Å². The molecule has 2 aromatic carbocycles. The number of carbonyl (C=O) groups excluding carboxylic acids is 2. The summed E-state index contributed by atoms with van der Waals surface area (Å²) in [6.45, 7) is 7.00. The Bertz CT molecular complexity index is 647. The third-order valence-corrected chi connectivity index (χ3v) is 3.62. The monoisotopic (exact) mass is 320 g/mol. The second-order valence-corrected chi connectivity index (χ2v) is 5.20. The maximum absolute atomic E-state index is 11.9. The van der Waals surface area contributed by atoms with Gasteiger partial charge < -0.3 is 10.6 Å². The molecule has 0 saturated heterocycles. The number of hydrogen-bond donors (Lipinski definition) is 2. The first-order valence-electron chi connectivity index (χ1n) is 7.61. The van der Waals surface area contributed by atoms with Gasteiger partial charge in [-0.1, -0.05) is 73.8 Å². The Morgan fingerprint density at radius 3 is 1.33 bits per heavy atom. The van der Waals surface area contributed by atoms with Gasteiger partial charge in [0.15, 0.2) is 0 Å². The van der Waals surface area contributed by atoms with Gasteiger partial charge in [0.05, 0.1) is 12.1 Å². The van der Waals surface area contributed by atoms with Gasteiger partial charge in [0, 0.05) is 0 Å². The Hall–Kier alpha value is -3.14. The SMILES string of the molecule is C=CC(=O)NC(c1ccccc1)C(NC(=O)C=C)c1ccccc1. The second-order valence-electron chi connectivity index (χ2n) is 5.20. The largest absolute Gasteiger partial charge is 0.343 e. The summed E-state index contributed by atoms with van der Waals surface area (Å²) in [4.78, 5) is 23.8. The summed E-state index contributed by atoms with van der Waals surface area (Å²) in [5.41, 5.74) is 1.76. The van der Waals surface area contributed by atoms with Crippen molar-refractivity contribution in [2.75, 3.05) is 0 Å². The molecule has 0 bridgehead atoms. The maximum atomic E-state index is 11.9. The van der Waals surface area contributed by atoms with Crippen molar-refractivity contribution in [1.82, 2.24) is 10.6 Å². The minimum atomic E-state index is -0.442. The Balaban J connectivity index is 2.46. The van der Waals surface area contributed by atoms with Crippen LogP contribution in [0.25, 0.3) is 0 Å². The molecule has 2 unspecified atom stereocenters. The number of benzene rings is 2. The fourth-order valence-electron chi connectivity index (χ4n) is 2.46. The lowest BCUT2D eigenvalue weighted by atomic mass is 9.93. The van der Waals surface area contributed by atoms with E-state index in [0.717, 1.165) is 11.1 Å². The van der Waals surface area contributed by atoms with Crippen LogP contribution in [0, 0.1) is 0 Å². The molecule has 2 atom stereocenters. The lowest BCUT2D eigenvalue weighted by Gasteiger charge is -2.29. The third kappa shape index (κ3) is 4.43. The molecule has 0 aliphatic carbocycles. The predicted molar refractivity (Wildman–Crippen MR) is 95.0 cm³/mol. The van der Waals surface area contributed by atoms with Crippen LogP contribution in [-0.4, -0.2) is 11.8 Å². The Morgan fingerprint density at radius 2 is 1.04 bits per heavy atom. The summed E-state index contributed by atoms with van der Waals surface area (Å²) in [5, 5.41) is 5.81. The molecule has 0 aromatic heterocycles. The van der Waals surface area contributed by atoms with Crippen LogP contribution >= 0.6 is 0 Å². The van der Waals surface area contributed by atoms with E-state index < -0.39 is 12.1 Å². The molecule has 0 saturated carbocycles. The van der Waals surface area contributed by atoms with E-state index in [1.165, 1.54) is 12.2 Å². The molecule has 4 heteroatoms. The van der Waals surface area contributed by atoms with Crippen molar-refractivity contribution in [3.05, 3.63) is 97.1 Å². The quantitative estimate of drug-likeness (QED) is 0.770. The van der Waals surface area contributed by atoms with Crippen LogP contribution in [0.5, 0.6) is 0 Å². The summed E-state index contributed by atoms with van der Waals surface area (Å²) in [6.07, 6.45) is 2.43. The van der Waals surface area contributed by atoms with E-state index in [4.69, 9.17) is 0 Å². The van der Waals surface area contributed by atoms with E-state index in [1.54, 1.807) is 0 Å². The van der Waals surface area contributed by atoms with Gasteiger partial charge in [-0.15, -0.1) is 0 Å². The number of nitrogens with one attached hydrogen (secondary N) is 2. The van der Waals surface area contributed by atoms with Gasteiger partial charge in [-0.2, -0.15) is 0 Å². The summed E-state index contributed by atoms with van der Waals surface area (Å²) < 4.78 is 0. The van der Waals surface area contributed by atoms with Crippen LogP contribution in [-0.2, 0) is 9.59 Å². The molecule has 0 radical (unpaired) electrons. The highest BCUT2D eigenvalue weighted by Gasteiger charge is 2.26. The van der Waals surface area contributed by atoms with Crippen LogP contribution < -0.4 is 10.6 Å². The topological polar surface area (TPSA) is 58.2 Å². The zero-order valence-corrected chi connectivity index (χ0v) is 13.3. The van der Waals surface area contributed by atoms with Crippen LogP contribution in [0.15, 0.2) is 86.0 Å². The summed E-state index contributed by atoms with van der Waals surface area (Å²) in [6, 6.07) is 18.1. The zero-order chi connectivity index (χ0) is 17.4. The Labute approximate surface area is 141 Å². The fourth-order valence-corrected chi connectivity index (χ4v) is 2.46. The molecule has 0 aliphatic heterocycles. The normalized spacial score (nSPS) is 12.5. The molecule has 0 fully saturated rings. The molecule has 2 amide bonds. The van der Waals surface area contributed by atoms with E-state index in [2.05, 4.69) is 23.8 Å². The number of carbonyl (C=O) groups is 2. The third-order valence-electron chi connectivity index (χ3n) is 3.62. The Morgan fingerprint density at radius 1 is 0.708 bits per heavy atom. The van der Waals surface area contributed by atoms with Crippen molar-refractivity contribution in [2.24, 2.45) is 0 Å². The van der Waals surface area contributed by atoms with E-state index in [9.17, 15) is 9.59 Å². The first-order valence-corrected chi connectivity index (χ1v) is 7.61. The van der Waals surface area contributed by atoms with Crippen molar-refractivity contribution < 1.29 is 9.59 Å². The van der Waals surface area contributed by atoms with Gasteiger partial charge >= 0.3 is 0 Å². The average Bonchev–Trinajstić information content (AvgIpc) is 2.65. The van der Waals surface area contributed by atoms with Crippen molar-refractivity contribution in [1.29, 1.82) is 0 Å². The minimum Gasteiger partial charge on any atom is -0.343 e. The number of hydrogen-bond acceptors (Lipinski definition) is 2. The summed E-state index contributed by atoms with van der Waals surface area (Å²) >= 11 is 0. The fraction of sp³-hybridized carbons (Fsp3) is 0.100. The molecule has 122 valence electrons. The minimum absolute atomic E-state index is 0.308. The van der Waals surface area contributed by atoms with E-state index in [1.807, 2.05) is 60.7 Å². The lowest BCUT2D eigenvalue weighted by molar-refractivity contribution is -0.120. The van der Waals surface area contributed by atoms with Gasteiger partial charge in [0.2, 0.25) is 11.8 Å². The molecule has 0 spiro atoms. The first kappa shape index (κ1) is 17.2. The molecular formula is C20H20N2O2. The van der Waals surface area contributed by atoms with Crippen molar-refractivity contribution in [3.63, 3.8) is 0 Å². The van der Waals surface area contributed by atoms with E-state index in [0.29, 0.717) is 0 Å². The van der Waals surface area contributed by atoms with Gasteiger partial charge in [0.1, 0.15) is 0 Å². The van der Waals surface area contributed by atoms with Gasteiger partial charge in [-0.25, -0.2) is 0 Å². The van der Waals surface area contributed by atoms with Crippen molar-refractivity contribution >= 4 is 11.8 Å². The highest BCUT2D eigenvalue weighted by Crippen LogP contribution is 2.29. The molecule has 2 aromatic rings. The summed E-state index contributed by atoms with van der Waals surface area (Å²) in [5.74, 6) is -0.615. The maximum Gasteiger partial charge on any atom is 0.243 e. The second kappa shape index (κ2) is 8.48. The predicted octanol–water partition coefficient (Wildman–Crippen LogP) is 3.07. The molecular weight excluding hydrogens is 300 g/mol. The Kier molecular flexibility index (Phi) is 6.08. The van der Waals surface area contributed by atoms with Gasteiger partial charge in [-0.3, -0.25) is 9.59 Å². The van der Waals surface area contributed by atoms with Crippen molar-refractivity contribution in [3.8, 4) is 0 Å². The van der Waals surface area contributed by atoms with Crippen molar-refractivity contribution in [2.45, 2.75) is 12.1 Å². The molecule has 0 heterocycles. The van der Waals surface area contributed by atoms with E-state index in [-0.39, 0.29) is 11.8 Å². The molecule has 2 rings (SSSR count). The molecule has 4 nitrogen and oxygen atoms in total.